The minimum Gasteiger partial charge on any atom is -0.378 e. The van der Waals surface area contributed by atoms with Gasteiger partial charge in [0, 0.05) is 31.7 Å². The molecule has 3 heteroatoms. The van der Waals surface area contributed by atoms with Crippen LogP contribution in [0, 0.1) is 6.92 Å². The minimum atomic E-state index is 0.174. The predicted octanol–water partition coefficient (Wildman–Crippen LogP) is 2.76. The Bertz CT molecular complexity index is 532. The van der Waals surface area contributed by atoms with E-state index in [0.29, 0.717) is 0 Å². The maximum atomic E-state index is 4.38. The van der Waals surface area contributed by atoms with Crippen molar-refractivity contribution < 1.29 is 0 Å². The zero-order valence-electron chi connectivity index (χ0n) is 12.0. The van der Waals surface area contributed by atoms with Gasteiger partial charge in [0.2, 0.25) is 0 Å². The van der Waals surface area contributed by atoms with E-state index in [2.05, 4.69) is 65.7 Å². The summed E-state index contributed by atoms with van der Waals surface area (Å²) >= 11 is 0. The van der Waals surface area contributed by atoms with Crippen LogP contribution in [0.25, 0.3) is 0 Å². The lowest BCUT2D eigenvalue weighted by atomic mass is 9.99. The van der Waals surface area contributed by atoms with Crippen LogP contribution < -0.4 is 10.2 Å². The van der Waals surface area contributed by atoms with Crippen molar-refractivity contribution in [3.05, 3.63) is 59.4 Å². The molecular weight excluding hydrogens is 234 g/mol. The van der Waals surface area contributed by atoms with Crippen LogP contribution in [-0.4, -0.2) is 26.1 Å². The van der Waals surface area contributed by atoms with Crippen LogP contribution >= 0.6 is 0 Å². The summed E-state index contributed by atoms with van der Waals surface area (Å²) < 4.78 is 0. The van der Waals surface area contributed by atoms with E-state index in [1.807, 2.05) is 20.2 Å². The summed E-state index contributed by atoms with van der Waals surface area (Å²) in [6.07, 6.45) is 1.94. The molecule has 3 nitrogen and oxygen atoms in total. The molecule has 0 bridgehead atoms. The first-order chi connectivity index (χ1) is 9.11. The lowest BCUT2D eigenvalue weighted by Crippen LogP contribution is -2.18. The lowest BCUT2D eigenvalue weighted by Gasteiger charge is -2.20. The number of hydrogen-bond donors (Lipinski definition) is 1. The van der Waals surface area contributed by atoms with E-state index >= 15 is 0 Å². The third kappa shape index (κ3) is 3.12. The molecule has 1 aromatic carbocycles. The molecule has 1 heterocycles. The van der Waals surface area contributed by atoms with E-state index in [1.165, 1.54) is 16.8 Å². The van der Waals surface area contributed by atoms with Crippen molar-refractivity contribution in [2.75, 3.05) is 26.0 Å². The van der Waals surface area contributed by atoms with E-state index in [-0.39, 0.29) is 6.04 Å². The quantitative estimate of drug-likeness (QED) is 0.910. The standard InChI is InChI=1S/C16H21N3/c1-12-8-9-14(11-18-12)16(17-2)13-6-5-7-15(10-13)19(3)4/h5-11,16-17H,1-4H3. The van der Waals surface area contributed by atoms with Crippen LogP contribution in [0.15, 0.2) is 42.6 Å². The van der Waals surface area contributed by atoms with Gasteiger partial charge in [-0.2, -0.15) is 0 Å². The zero-order valence-corrected chi connectivity index (χ0v) is 12.0. The van der Waals surface area contributed by atoms with Crippen LogP contribution in [0.1, 0.15) is 22.9 Å². The molecule has 0 amide bonds. The summed E-state index contributed by atoms with van der Waals surface area (Å²) in [7, 11) is 6.09. The maximum Gasteiger partial charge on any atom is 0.0590 e. The number of aryl methyl sites for hydroxylation is 1. The SMILES string of the molecule is CNC(c1ccc(C)nc1)c1cccc(N(C)C)c1. The van der Waals surface area contributed by atoms with E-state index in [4.69, 9.17) is 0 Å². The van der Waals surface area contributed by atoms with Crippen molar-refractivity contribution >= 4 is 5.69 Å². The minimum absolute atomic E-state index is 0.174. The van der Waals surface area contributed by atoms with Crippen molar-refractivity contribution in [1.82, 2.24) is 10.3 Å². The van der Waals surface area contributed by atoms with Crippen molar-refractivity contribution in [3.8, 4) is 0 Å². The van der Waals surface area contributed by atoms with Crippen molar-refractivity contribution in [3.63, 3.8) is 0 Å². The van der Waals surface area contributed by atoms with E-state index < -0.39 is 0 Å². The Morgan fingerprint density at radius 1 is 1.11 bits per heavy atom. The van der Waals surface area contributed by atoms with Crippen LogP contribution in [0.3, 0.4) is 0 Å². The highest BCUT2D eigenvalue weighted by Gasteiger charge is 2.12. The molecule has 0 aliphatic carbocycles. The Kier molecular flexibility index (Phi) is 4.17. The first kappa shape index (κ1) is 13.6. The van der Waals surface area contributed by atoms with Crippen LogP contribution in [0.4, 0.5) is 5.69 Å². The molecule has 1 unspecified atom stereocenters. The van der Waals surface area contributed by atoms with Gasteiger partial charge in [0.1, 0.15) is 0 Å². The van der Waals surface area contributed by atoms with E-state index in [1.54, 1.807) is 0 Å². The number of anilines is 1. The van der Waals surface area contributed by atoms with E-state index in [9.17, 15) is 0 Å². The Hall–Kier alpha value is -1.87. The highest BCUT2D eigenvalue weighted by atomic mass is 15.1. The summed E-state index contributed by atoms with van der Waals surface area (Å²) in [5, 5.41) is 3.36. The fourth-order valence-electron chi connectivity index (χ4n) is 2.16. The van der Waals surface area contributed by atoms with Crippen LogP contribution in [0.5, 0.6) is 0 Å². The largest absolute Gasteiger partial charge is 0.378 e. The van der Waals surface area contributed by atoms with Gasteiger partial charge in [-0.05, 0) is 43.3 Å². The number of aromatic nitrogens is 1. The average Bonchev–Trinajstić information content (AvgIpc) is 2.42. The van der Waals surface area contributed by atoms with Gasteiger partial charge >= 0.3 is 0 Å². The zero-order chi connectivity index (χ0) is 13.8. The number of nitrogens with zero attached hydrogens (tertiary/aromatic N) is 2. The second kappa shape index (κ2) is 5.85. The number of pyridine rings is 1. The van der Waals surface area contributed by atoms with Gasteiger partial charge in [-0.3, -0.25) is 4.98 Å². The summed E-state index contributed by atoms with van der Waals surface area (Å²) in [5.41, 5.74) is 4.68. The van der Waals surface area contributed by atoms with Gasteiger partial charge in [-0.25, -0.2) is 0 Å². The molecule has 0 fully saturated rings. The molecule has 0 radical (unpaired) electrons. The molecule has 2 rings (SSSR count). The summed E-state index contributed by atoms with van der Waals surface area (Å²) in [6.45, 7) is 2.00. The normalized spacial score (nSPS) is 12.2. The fourth-order valence-corrected chi connectivity index (χ4v) is 2.16. The second-order valence-corrected chi connectivity index (χ2v) is 4.94. The van der Waals surface area contributed by atoms with Gasteiger partial charge in [-0.1, -0.05) is 18.2 Å². The topological polar surface area (TPSA) is 28.2 Å². The molecular formula is C16H21N3. The maximum absolute atomic E-state index is 4.38. The third-order valence-electron chi connectivity index (χ3n) is 3.28. The van der Waals surface area contributed by atoms with Gasteiger partial charge in [0.15, 0.2) is 0 Å². The number of rotatable bonds is 4. The van der Waals surface area contributed by atoms with Crippen molar-refractivity contribution in [2.24, 2.45) is 0 Å². The first-order valence-corrected chi connectivity index (χ1v) is 6.49. The van der Waals surface area contributed by atoms with Gasteiger partial charge in [-0.15, -0.1) is 0 Å². The van der Waals surface area contributed by atoms with Crippen LogP contribution in [-0.2, 0) is 0 Å². The Labute approximate surface area is 115 Å². The van der Waals surface area contributed by atoms with Gasteiger partial charge < -0.3 is 10.2 Å². The first-order valence-electron chi connectivity index (χ1n) is 6.49. The van der Waals surface area contributed by atoms with Crippen molar-refractivity contribution in [1.29, 1.82) is 0 Å². The Morgan fingerprint density at radius 2 is 1.89 bits per heavy atom. The molecule has 0 saturated carbocycles. The summed E-state index contributed by atoms with van der Waals surface area (Å²) in [4.78, 5) is 6.50. The Balaban J connectivity index is 2.36. The Morgan fingerprint density at radius 3 is 2.47 bits per heavy atom. The molecule has 1 N–H and O–H groups in total. The highest BCUT2D eigenvalue weighted by Crippen LogP contribution is 2.24. The summed E-state index contributed by atoms with van der Waals surface area (Å²) in [5.74, 6) is 0. The molecule has 1 atom stereocenters. The average molecular weight is 255 g/mol. The van der Waals surface area contributed by atoms with Gasteiger partial charge in [0.05, 0.1) is 6.04 Å². The molecule has 0 spiro atoms. The third-order valence-corrected chi connectivity index (χ3v) is 3.28. The molecule has 0 saturated heterocycles. The molecule has 2 aromatic rings. The molecule has 1 aromatic heterocycles. The fraction of sp³-hybridized carbons (Fsp3) is 0.312. The lowest BCUT2D eigenvalue weighted by molar-refractivity contribution is 0.688. The van der Waals surface area contributed by atoms with Crippen LogP contribution in [0.2, 0.25) is 0 Å². The highest BCUT2D eigenvalue weighted by molar-refractivity contribution is 5.49. The smallest absolute Gasteiger partial charge is 0.0590 e. The molecule has 0 aliphatic heterocycles. The second-order valence-electron chi connectivity index (χ2n) is 4.94. The molecule has 0 aliphatic rings. The van der Waals surface area contributed by atoms with Gasteiger partial charge in [0.25, 0.3) is 0 Å². The molecule has 19 heavy (non-hydrogen) atoms. The van der Waals surface area contributed by atoms with E-state index in [0.717, 1.165) is 5.69 Å². The summed E-state index contributed by atoms with van der Waals surface area (Å²) in [6, 6.07) is 12.9. The monoisotopic (exact) mass is 255 g/mol. The number of nitrogens with one attached hydrogen (secondary N) is 1. The molecule has 100 valence electrons. The number of hydrogen-bond acceptors (Lipinski definition) is 3. The predicted molar refractivity (Wildman–Crippen MR) is 80.6 cm³/mol. The number of benzene rings is 1. The van der Waals surface area contributed by atoms with Crippen molar-refractivity contribution in [2.45, 2.75) is 13.0 Å².